The fraction of sp³-hybridized carbons (Fsp3) is 0.471. The Kier molecular flexibility index (Phi) is 5.75. The Labute approximate surface area is 161 Å². The first kappa shape index (κ1) is 19.7. The quantitative estimate of drug-likeness (QED) is 0.684. The van der Waals surface area contributed by atoms with Crippen molar-refractivity contribution in [1.29, 1.82) is 0 Å². The standard InChI is InChI=1S/C17H20N2O6S2/c1-10(16(21)18-11-6-7-27(23,24)9-11)25-15(20)8-14-17(22)19-12-4-2-3-5-13(12)26-14/h2-5,10-11,14H,6-9H2,1H3,(H,18,21)(H,19,22)/t10-,11-,14+/m0/s1. The van der Waals surface area contributed by atoms with Crippen LogP contribution in [0.1, 0.15) is 19.8 Å². The molecule has 0 unspecified atom stereocenters. The summed E-state index contributed by atoms with van der Waals surface area (Å²) in [5.74, 6) is -1.55. The summed E-state index contributed by atoms with van der Waals surface area (Å²) in [7, 11) is -3.11. The minimum absolute atomic E-state index is 0.0433. The Hall–Kier alpha value is -2.07. The van der Waals surface area contributed by atoms with Gasteiger partial charge in [0.1, 0.15) is 0 Å². The van der Waals surface area contributed by atoms with Crippen molar-refractivity contribution in [3.63, 3.8) is 0 Å². The molecule has 0 aromatic heterocycles. The molecule has 3 rings (SSSR count). The van der Waals surface area contributed by atoms with Crippen LogP contribution in [0.4, 0.5) is 5.69 Å². The second-order valence-corrected chi connectivity index (χ2v) is 10.0. The summed E-state index contributed by atoms with van der Waals surface area (Å²) in [5.41, 5.74) is 0.705. The van der Waals surface area contributed by atoms with Crippen LogP contribution in [0.15, 0.2) is 29.2 Å². The molecular weight excluding hydrogens is 392 g/mol. The maximum Gasteiger partial charge on any atom is 0.308 e. The molecule has 1 aromatic rings. The van der Waals surface area contributed by atoms with Crippen LogP contribution in [0.3, 0.4) is 0 Å². The van der Waals surface area contributed by atoms with Crippen LogP contribution in [-0.4, -0.2) is 55.1 Å². The molecule has 2 aliphatic heterocycles. The van der Waals surface area contributed by atoms with E-state index in [1.54, 1.807) is 6.07 Å². The highest BCUT2D eigenvalue weighted by Gasteiger charge is 2.32. The number of amides is 2. The molecule has 1 aromatic carbocycles. The van der Waals surface area contributed by atoms with E-state index >= 15 is 0 Å². The van der Waals surface area contributed by atoms with Crippen molar-refractivity contribution in [2.75, 3.05) is 16.8 Å². The van der Waals surface area contributed by atoms with Gasteiger partial charge < -0.3 is 15.4 Å². The summed E-state index contributed by atoms with van der Waals surface area (Å²) in [6.07, 6.45) is -0.877. The van der Waals surface area contributed by atoms with Gasteiger partial charge in [0.05, 0.1) is 28.9 Å². The first-order chi connectivity index (χ1) is 12.7. The fourth-order valence-corrected chi connectivity index (χ4v) is 5.67. The minimum Gasteiger partial charge on any atom is -0.453 e. The Morgan fingerprint density at radius 2 is 2.11 bits per heavy atom. The molecule has 27 heavy (non-hydrogen) atoms. The number of hydrogen-bond donors (Lipinski definition) is 2. The Morgan fingerprint density at radius 1 is 1.37 bits per heavy atom. The van der Waals surface area contributed by atoms with E-state index in [1.807, 2.05) is 18.2 Å². The molecule has 0 aliphatic carbocycles. The van der Waals surface area contributed by atoms with Gasteiger partial charge in [0.25, 0.3) is 5.91 Å². The smallest absolute Gasteiger partial charge is 0.308 e. The van der Waals surface area contributed by atoms with Crippen molar-refractivity contribution in [3.8, 4) is 0 Å². The van der Waals surface area contributed by atoms with E-state index in [1.165, 1.54) is 18.7 Å². The Balaban J connectivity index is 1.50. The van der Waals surface area contributed by atoms with Crippen LogP contribution in [-0.2, 0) is 29.0 Å². The predicted molar refractivity (Wildman–Crippen MR) is 100 cm³/mol. The molecule has 0 saturated carbocycles. The summed E-state index contributed by atoms with van der Waals surface area (Å²) in [4.78, 5) is 37.2. The zero-order chi connectivity index (χ0) is 19.6. The van der Waals surface area contributed by atoms with Gasteiger partial charge in [-0.1, -0.05) is 12.1 Å². The van der Waals surface area contributed by atoms with E-state index in [-0.39, 0.29) is 23.8 Å². The Bertz CT molecular complexity index is 870. The molecule has 2 aliphatic rings. The van der Waals surface area contributed by atoms with E-state index in [2.05, 4.69) is 10.6 Å². The van der Waals surface area contributed by atoms with Gasteiger partial charge in [-0.2, -0.15) is 0 Å². The second kappa shape index (κ2) is 7.89. The number of nitrogens with one attached hydrogen (secondary N) is 2. The minimum atomic E-state index is -3.11. The fourth-order valence-electron chi connectivity index (χ4n) is 2.90. The number of hydrogen-bond acceptors (Lipinski definition) is 7. The second-order valence-electron chi connectivity index (χ2n) is 6.54. The summed E-state index contributed by atoms with van der Waals surface area (Å²) >= 11 is 1.27. The number of carbonyl (C=O) groups is 3. The number of anilines is 1. The monoisotopic (exact) mass is 412 g/mol. The van der Waals surface area contributed by atoms with Gasteiger partial charge in [-0.15, -0.1) is 11.8 Å². The highest BCUT2D eigenvalue weighted by Crippen LogP contribution is 2.36. The molecule has 1 fully saturated rings. The summed E-state index contributed by atoms with van der Waals surface area (Å²) in [5, 5.41) is 4.69. The van der Waals surface area contributed by atoms with Crippen LogP contribution in [0.2, 0.25) is 0 Å². The topological polar surface area (TPSA) is 119 Å². The summed E-state index contributed by atoms with van der Waals surface area (Å²) < 4.78 is 28.0. The SMILES string of the molecule is C[C@H](OC(=O)C[C@H]1Sc2ccccc2NC1=O)C(=O)N[C@H]1CCS(=O)(=O)C1. The number of esters is 1. The van der Waals surface area contributed by atoms with Crippen molar-refractivity contribution in [2.45, 2.75) is 42.1 Å². The number of benzene rings is 1. The van der Waals surface area contributed by atoms with E-state index in [9.17, 15) is 22.8 Å². The lowest BCUT2D eigenvalue weighted by molar-refractivity contribution is -0.155. The third kappa shape index (κ3) is 5.01. The predicted octanol–water partition coefficient (Wildman–Crippen LogP) is 0.725. The molecule has 1 saturated heterocycles. The largest absolute Gasteiger partial charge is 0.453 e. The van der Waals surface area contributed by atoms with Crippen LogP contribution >= 0.6 is 11.8 Å². The third-order valence-corrected chi connectivity index (χ3v) is 7.36. The first-order valence-corrected chi connectivity index (χ1v) is 11.2. The molecule has 0 radical (unpaired) electrons. The molecule has 146 valence electrons. The van der Waals surface area contributed by atoms with Crippen LogP contribution in [0.5, 0.6) is 0 Å². The lowest BCUT2D eigenvalue weighted by atomic mass is 10.2. The van der Waals surface area contributed by atoms with Crippen LogP contribution in [0.25, 0.3) is 0 Å². The zero-order valence-electron chi connectivity index (χ0n) is 14.6. The highest BCUT2D eigenvalue weighted by atomic mass is 32.2. The lowest BCUT2D eigenvalue weighted by Crippen LogP contribution is -2.43. The average molecular weight is 412 g/mol. The number of rotatable bonds is 5. The van der Waals surface area contributed by atoms with Crippen molar-refractivity contribution >= 4 is 45.1 Å². The summed E-state index contributed by atoms with van der Waals surface area (Å²) in [6.45, 7) is 1.42. The molecule has 0 spiro atoms. The van der Waals surface area contributed by atoms with Gasteiger partial charge >= 0.3 is 5.97 Å². The van der Waals surface area contributed by atoms with Gasteiger partial charge in [-0.05, 0) is 25.5 Å². The van der Waals surface area contributed by atoms with Crippen LogP contribution < -0.4 is 10.6 Å². The number of ether oxygens (including phenoxy) is 1. The van der Waals surface area contributed by atoms with E-state index in [0.717, 1.165) is 4.90 Å². The Morgan fingerprint density at radius 3 is 2.81 bits per heavy atom. The number of sulfone groups is 1. The zero-order valence-corrected chi connectivity index (χ0v) is 16.3. The van der Waals surface area contributed by atoms with Crippen molar-refractivity contribution < 1.29 is 27.5 Å². The van der Waals surface area contributed by atoms with Gasteiger partial charge in [-0.3, -0.25) is 14.4 Å². The van der Waals surface area contributed by atoms with E-state index < -0.39 is 39.1 Å². The average Bonchev–Trinajstić information content (AvgIpc) is 2.94. The normalized spacial score (nSPS) is 24.4. The maximum atomic E-state index is 12.1. The number of para-hydroxylation sites is 1. The molecule has 2 N–H and O–H groups in total. The molecule has 0 bridgehead atoms. The van der Waals surface area contributed by atoms with Gasteiger partial charge in [0, 0.05) is 10.9 Å². The number of carbonyl (C=O) groups excluding carboxylic acids is 3. The summed E-state index contributed by atoms with van der Waals surface area (Å²) in [6, 6.07) is 6.83. The highest BCUT2D eigenvalue weighted by molar-refractivity contribution is 8.01. The van der Waals surface area contributed by atoms with E-state index in [4.69, 9.17) is 4.74 Å². The molecule has 2 heterocycles. The number of fused-ring (bicyclic) bond motifs is 1. The molecule has 3 atom stereocenters. The van der Waals surface area contributed by atoms with Crippen molar-refractivity contribution in [1.82, 2.24) is 5.32 Å². The van der Waals surface area contributed by atoms with E-state index in [0.29, 0.717) is 12.1 Å². The van der Waals surface area contributed by atoms with Crippen molar-refractivity contribution in [2.24, 2.45) is 0 Å². The van der Waals surface area contributed by atoms with Crippen molar-refractivity contribution in [3.05, 3.63) is 24.3 Å². The molecular formula is C17H20N2O6S2. The first-order valence-electron chi connectivity index (χ1n) is 8.50. The third-order valence-electron chi connectivity index (χ3n) is 4.31. The van der Waals surface area contributed by atoms with Gasteiger partial charge in [0.2, 0.25) is 5.91 Å². The lowest BCUT2D eigenvalue weighted by Gasteiger charge is -2.24. The number of thioether (sulfide) groups is 1. The molecule has 10 heteroatoms. The molecule has 2 amide bonds. The maximum absolute atomic E-state index is 12.1. The molecule has 8 nitrogen and oxygen atoms in total. The van der Waals surface area contributed by atoms with Gasteiger partial charge in [-0.25, -0.2) is 8.42 Å². The van der Waals surface area contributed by atoms with Crippen LogP contribution in [0, 0.1) is 0 Å². The van der Waals surface area contributed by atoms with Gasteiger partial charge in [0.15, 0.2) is 15.9 Å².